The van der Waals surface area contributed by atoms with E-state index in [1.165, 1.54) is 45.2 Å². The lowest BCUT2D eigenvalue weighted by molar-refractivity contribution is 0.0757. The highest BCUT2D eigenvalue weighted by Crippen LogP contribution is 2.34. The molecular weight excluding hydrogens is 248 g/mol. The summed E-state index contributed by atoms with van der Waals surface area (Å²) in [6.07, 6.45) is 8.63. The molecule has 0 spiro atoms. The first kappa shape index (κ1) is 13.9. The van der Waals surface area contributed by atoms with Crippen LogP contribution in [0.25, 0.3) is 0 Å². The fraction of sp³-hybridized carbons (Fsp3) is 0.812. The van der Waals surface area contributed by atoms with Gasteiger partial charge in [0.15, 0.2) is 0 Å². The number of hydrogen-bond acceptors (Lipinski definition) is 3. The Balaban J connectivity index is 1.53. The van der Waals surface area contributed by atoms with Gasteiger partial charge in [0.25, 0.3) is 0 Å². The summed E-state index contributed by atoms with van der Waals surface area (Å²) in [7, 11) is 0. The number of likely N-dealkylation sites (tertiary alicyclic amines) is 1. The molecule has 2 N–H and O–H groups in total. The van der Waals surface area contributed by atoms with Gasteiger partial charge < -0.3 is 10.6 Å². The summed E-state index contributed by atoms with van der Waals surface area (Å²) < 4.78 is 2.07. The molecule has 2 heterocycles. The lowest BCUT2D eigenvalue weighted by atomic mass is 9.78. The topological polar surface area (TPSA) is 47.1 Å². The summed E-state index contributed by atoms with van der Waals surface area (Å²) in [5.74, 6) is 2.44. The average molecular weight is 276 g/mol. The number of hydrogen-bond donors (Lipinski definition) is 1. The van der Waals surface area contributed by atoms with Gasteiger partial charge in [0.1, 0.15) is 5.82 Å². The molecule has 1 aliphatic heterocycles. The van der Waals surface area contributed by atoms with Gasteiger partial charge in [0, 0.05) is 25.3 Å². The summed E-state index contributed by atoms with van der Waals surface area (Å²) in [4.78, 5) is 2.73. The van der Waals surface area contributed by atoms with E-state index < -0.39 is 0 Å². The number of nitrogens with two attached hydrogens (primary N) is 1. The Morgan fingerprint density at radius 3 is 2.40 bits per heavy atom. The van der Waals surface area contributed by atoms with Crippen molar-refractivity contribution in [3.63, 3.8) is 0 Å². The Labute approximate surface area is 122 Å². The Kier molecular flexibility index (Phi) is 4.01. The average Bonchev–Trinajstić information content (AvgIpc) is 2.89. The Hall–Kier alpha value is -1.03. The Morgan fingerprint density at radius 1 is 1.05 bits per heavy atom. The molecule has 0 aromatic carbocycles. The maximum atomic E-state index is 5.72. The minimum absolute atomic E-state index is 0.545. The smallest absolute Gasteiger partial charge is 0.145 e. The van der Waals surface area contributed by atoms with Crippen molar-refractivity contribution < 1.29 is 0 Å². The van der Waals surface area contributed by atoms with Crippen LogP contribution < -0.4 is 5.73 Å². The third-order valence-electron chi connectivity index (χ3n) is 5.59. The van der Waals surface area contributed by atoms with E-state index in [-0.39, 0.29) is 0 Å². The van der Waals surface area contributed by atoms with E-state index in [9.17, 15) is 0 Å². The molecule has 3 atom stereocenters. The first-order chi connectivity index (χ1) is 9.63. The van der Waals surface area contributed by atoms with E-state index in [1.54, 1.807) is 0 Å². The van der Waals surface area contributed by atoms with Crippen LogP contribution in [0.3, 0.4) is 0 Å². The van der Waals surface area contributed by atoms with Gasteiger partial charge in [-0.25, -0.2) is 0 Å². The van der Waals surface area contributed by atoms with E-state index in [0.29, 0.717) is 11.9 Å². The predicted octanol–water partition coefficient (Wildman–Crippen LogP) is 2.93. The fourth-order valence-corrected chi connectivity index (χ4v) is 3.92. The van der Waals surface area contributed by atoms with Crippen LogP contribution in [0.2, 0.25) is 0 Å². The van der Waals surface area contributed by atoms with Crippen molar-refractivity contribution in [3.8, 4) is 0 Å². The monoisotopic (exact) mass is 276 g/mol. The second-order valence-corrected chi connectivity index (χ2v) is 6.91. The van der Waals surface area contributed by atoms with E-state index in [2.05, 4.69) is 28.5 Å². The first-order valence-electron chi connectivity index (χ1n) is 8.18. The van der Waals surface area contributed by atoms with Crippen LogP contribution in [0, 0.1) is 11.8 Å². The van der Waals surface area contributed by atoms with Gasteiger partial charge in [-0.3, -0.25) is 4.68 Å². The van der Waals surface area contributed by atoms with Gasteiger partial charge in [-0.2, -0.15) is 5.10 Å². The lowest BCUT2D eigenvalue weighted by Gasteiger charge is -2.42. The largest absolute Gasteiger partial charge is 0.382 e. The van der Waals surface area contributed by atoms with E-state index in [4.69, 9.17) is 5.73 Å². The summed E-state index contributed by atoms with van der Waals surface area (Å²) in [5.41, 5.74) is 5.72. The third kappa shape index (κ3) is 2.85. The van der Waals surface area contributed by atoms with E-state index in [1.807, 2.05) is 12.3 Å². The molecule has 4 nitrogen and oxygen atoms in total. The van der Waals surface area contributed by atoms with Crippen LogP contribution in [-0.4, -0.2) is 33.8 Å². The van der Waals surface area contributed by atoms with Crippen molar-refractivity contribution >= 4 is 5.82 Å². The summed E-state index contributed by atoms with van der Waals surface area (Å²) in [6, 6.07) is 3.27. The molecule has 4 heteroatoms. The molecule has 0 bridgehead atoms. The number of nitrogens with zero attached hydrogens (tertiary/aromatic N) is 3. The molecule has 1 aromatic heterocycles. The summed E-state index contributed by atoms with van der Waals surface area (Å²) >= 11 is 0. The van der Waals surface area contributed by atoms with Gasteiger partial charge in [-0.05, 0) is 50.0 Å². The maximum absolute atomic E-state index is 5.72. The van der Waals surface area contributed by atoms with Crippen molar-refractivity contribution in [1.82, 2.24) is 14.7 Å². The van der Waals surface area contributed by atoms with Gasteiger partial charge in [-0.1, -0.05) is 13.8 Å². The van der Waals surface area contributed by atoms with Crippen molar-refractivity contribution in [2.75, 3.05) is 18.8 Å². The van der Waals surface area contributed by atoms with Gasteiger partial charge in [0.2, 0.25) is 0 Å². The molecule has 2 fully saturated rings. The molecule has 1 aliphatic carbocycles. The second-order valence-electron chi connectivity index (χ2n) is 6.91. The second kappa shape index (κ2) is 5.76. The Bertz CT molecular complexity index is 433. The SMILES string of the molecule is CC1CCC(N2CCC(n3ccc(N)n3)CC2)CC1C. The molecule has 2 aliphatic rings. The van der Waals surface area contributed by atoms with Crippen LogP contribution >= 0.6 is 0 Å². The molecule has 112 valence electrons. The van der Waals surface area contributed by atoms with Gasteiger partial charge in [-0.15, -0.1) is 0 Å². The van der Waals surface area contributed by atoms with Gasteiger partial charge in [0.05, 0.1) is 6.04 Å². The third-order valence-corrected chi connectivity index (χ3v) is 5.59. The zero-order valence-corrected chi connectivity index (χ0v) is 12.8. The molecule has 20 heavy (non-hydrogen) atoms. The van der Waals surface area contributed by atoms with Crippen LogP contribution in [0.4, 0.5) is 5.82 Å². The molecule has 3 unspecified atom stereocenters. The van der Waals surface area contributed by atoms with Crippen molar-refractivity contribution in [1.29, 1.82) is 0 Å². The van der Waals surface area contributed by atoms with E-state index >= 15 is 0 Å². The van der Waals surface area contributed by atoms with Crippen LogP contribution in [0.1, 0.15) is 52.0 Å². The minimum Gasteiger partial charge on any atom is -0.382 e. The fourth-order valence-electron chi connectivity index (χ4n) is 3.92. The maximum Gasteiger partial charge on any atom is 0.145 e. The van der Waals surface area contributed by atoms with E-state index in [0.717, 1.165) is 17.9 Å². The number of piperidine rings is 1. The summed E-state index contributed by atoms with van der Waals surface area (Å²) in [6.45, 7) is 7.28. The van der Waals surface area contributed by atoms with Crippen molar-refractivity contribution in [3.05, 3.63) is 12.3 Å². The predicted molar refractivity (Wildman–Crippen MR) is 82.5 cm³/mol. The van der Waals surface area contributed by atoms with Crippen LogP contribution in [0.5, 0.6) is 0 Å². The highest BCUT2D eigenvalue weighted by atomic mass is 15.3. The molecule has 1 saturated heterocycles. The number of nitrogen functional groups attached to an aromatic ring is 1. The van der Waals surface area contributed by atoms with Crippen LogP contribution in [-0.2, 0) is 0 Å². The zero-order valence-electron chi connectivity index (χ0n) is 12.8. The quantitative estimate of drug-likeness (QED) is 0.903. The molecule has 3 rings (SSSR count). The van der Waals surface area contributed by atoms with Crippen LogP contribution in [0.15, 0.2) is 12.3 Å². The molecule has 1 saturated carbocycles. The first-order valence-corrected chi connectivity index (χ1v) is 8.18. The Morgan fingerprint density at radius 2 is 1.80 bits per heavy atom. The highest BCUT2D eigenvalue weighted by Gasteiger charge is 2.31. The van der Waals surface area contributed by atoms with Gasteiger partial charge >= 0.3 is 0 Å². The van der Waals surface area contributed by atoms with Crippen molar-refractivity contribution in [2.45, 2.75) is 58.0 Å². The highest BCUT2D eigenvalue weighted by molar-refractivity contribution is 5.24. The minimum atomic E-state index is 0.545. The molecular formula is C16H28N4. The number of rotatable bonds is 2. The number of aromatic nitrogens is 2. The van der Waals surface area contributed by atoms with Crippen molar-refractivity contribution in [2.24, 2.45) is 11.8 Å². The standard InChI is InChI=1S/C16H28N4/c1-12-3-4-15(11-13(12)2)19-8-5-14(6-9-19)20-10-7-16(17)18-20/h7,10,12-15H,3-6,8-9,11H2,1-2H3,(H2,17,18). The number of anilines is 1. The lowest BCUT2D eigenvalue weighted by Crippen LogP contribution is -2.44. The zero-order chi connectivity index (χ0) is 14.1. The summed E-state index contributed by atoms with van der Waals surface area (Å²) in [5, 5.41) is 4.37. The molecule has 0 radical (unpaired) electrons. The normalized spacial score (nSPS) is 33.4. The molecule has 0 amide bonds. The molecule has 1 aromatic rings.